The summed E-state index contributed by atoms with van der Waals surface area (Å²) in [5.74, 6) is -7.19. The van der Waals surface area contributed by atoms with Gasteiger partial charge in [0.1, 0.15) is 0 Å². The zero-order valence-electron chi connectivity index (χ0n) is 10.8. The van der Waals surface area contributed by atoms with Gasteiger partial charge in [-0.2, -0.15) is 8.78 Å². The molecule has 0 radical (unpaired) electrons. The van der Waals surface area contributed by atoms with Crippen molar-refractivity contribution < 1.29 is 35.1 Å². The number of allylic oxidation sites excluding steroid dienone is 1. The second-order valence-corrected chi connectivity index (χ2v) is 5.42. The van der Waals surface area contributed by atoms with E-state index < -0.39 is 50.3 Å². The molecular formula is C11H10F5NO3S. The van der Waals surface area contributed by atoms with E-state index in [-0.39, 0.29) is 0 Å². The summed E-state index contributed by atoms with van der Waals surface area (Å²) in [6, 6.07) is 0. The Morgan fingerprint density at radius 2 is 1.71 bits per heavy atom. The molecule has 0 heterocycles. The smallest absolute Gasteiger partial charge is 0.387 e. The van der Waals surface area contributed by atoms with Crippen molar-refractivity contribution >= 4 is 16.1 Å². The maximum Gasteiger partial charge on any atom is 0.387 e. The number of hydrogen-bond acceptors (Lipinski definition) is 3. The van der Waals surface area contributed by atoms with Crippen LogP contribution in [-0.2, 0) is 10.0 Å². The van der Waals surface area contributed by atoms with Crippen LogP contribution in [0, 0.1) is 17.5 Å². The molecule has 21 heavy (non-hydrogen) atoms. The number of hydrogen-bond donors (Lipinski definition) is 1. The molecule has 1 N–H and O–H groups in total. The summed E-state index contributed by atoms with van der Waals surface area (Å²) in [4.78, 5) is -1.66. The number of sulfonamides is 1. The fourth-order valence-corrected chi connectivity index (χ4v) is 2.40. The van der Waals surface area contributed by atoms with Gasteiger partial charge in [-0.25, -0.2) is 26.3 Å². The topological polar surface area (TPSA) is 55.4 Å². The second-order valence-electron chi connectivity index (χ2n) is 3.60. The van der Waals surface area contributed by atoms with E-state index in [1.165, 1.54) is 6.92 Å². The molecule has 1 rings (SSSR count). The van der Waals surface area contributed by atoms with Gasteiger partial charge >= 0.3 is 6.61 Å². The van der Waals surface area contributed by atoms with Crippen LogP contribution in [0.25, 0.3) is 6.08 Å². The monoisotopic (exact) mass is 331 g/mol. The summed E-state index contributed by atoms with van der Waals surface area (Å²) in [6.07, 6.45) is 1.86. The number of halogens is 5. The molecule has 10 heteroatoms. The zero-order valence-corrected chi connectivity index (χ0v) is 11.6. The van der Waals surface area contributed by atoms with Crippen LogP contribution in [-0.4, -0.2) is 22.1 Å². The molecule has 0 spiro atoms. The van der Waals surface area contributed by atoms with Gasteiger partial charge in [-0.3, -0.25) is 0 Å². The third-order valence-corrected chi connectivity index (χ3v) is 3.79. The van der Waals surface area contributed by atoms with Gasteiger partial charge in [-0.05, 0) is 14.0 Å². The minimum Gasteiger partial charge on any atom is -0.430 e. The van der Waals surface area contributed by atoms with Crippen molar-refractivity contribution in [3.63, 3.8) is 0 Å². The lowest BCUT2D eigenvalue weighted by Crippen LogP contribution is -2.23. The van der Waals surface area contributed by atoms with Crippen molar-refractivity contribution in [3.05, 3.63) is 29.1 Å². The Bertz CT molecular complexity index is 673. The van der Waals surface area contributed by atoms with E-state index in [1.807, 2.05) is 0 Å². The quantitative estimate of drug-likeness (QED) is 0.667. The molecule has 0 saturated carbocycles. The first kappa shape index (κ1) is 17.4. The number of rotatable bonds is 5. The second kappa shape index (κ2) is 6.39. The maximum atomic E-state index is 14.0. The van der Waals surface area contributed by atoms with Crippen LogP contribution in [0.2, 0.25) is 0 Å². The van der Waals surface area contributed by atoms with Gasteiger partial charge in [-0.15, -0.1) is 0 Å². The van der Waals surface area contributed by atoms with Gasteiger partial charge in [0.05, 0.1) is 5.56 Å². The van der Waals surface area contributed by atoms with Crippen molar-refractivity contribution in [2.45, 2.75) is 18.4 Å². The standard InChI is InChI=1S/C11H10F5NO3S/c1-3-4-5-6(12)8(14)10(21(18,19)17-2)9(7(5)13)20-11(15)16/h3-4,11,17H,1-2H3/b4-3+. The molecule has 0 aliphatic rings. The molecule has 1 aromatic rings. The molecule has 0 bridgehead atoms. The van der Waals surface area contributed by atoms with Gasteiger partial charge in [0.25, 0.3) is 0 Å². The summed E-state index contributed by atoms with van der Waals surface area (Å²) in [5, 5.41) is 0. The molecule has 0 atom stereocenters. The van der Waals surface area contributed by atoms with Crippen LogP contribution in [0.4, 0.5) is 22.0 Å². The predicted molar refractivity (Wildman–Crippen MR) is 63.9 cm³/mol. The van der Waals surface area contributed by atoms with Gasteiger partial charge in [0, 0.05) is 0 Å². The Morgan fingerprint density at radius 3 is 2.14 bits per heavy atom. The van der Waals surface area contributed by atoms with E-state index in [1.54, 1.807) is 4.72 Å². The van der Waals surface area contributed by atoms with Crippen LogP contribution in [0.5, 0.6) is 5.75 Å². The Balaban J connectivity index is 3.86. The van der Waals surface area contributed by atoms with Gasteiger partial charge in [0.2, 0.25) is 10.0 Å². The number of alkyl halides is 2. The minimum atomic E-state index is -4.77. The SMILES string of the molecule is C/C=C/c1c(F)c(F)c(S(=O)(=O)NC)c(OC(F)F)c1F. The first-order valence-corrected chi connectivity index (χ1v) is 6.87. The predicted octanol–water partition coefficient (Wildman–Crippen LogP) is 2.65. The lowest BCUT2D eigenvalue weighted by molar-refractivity contribution is -0.0547. The van der Waals surface area contributed by atoms with Crippen LogP contribution in [0.15, 0.2) is 11.0 Å². The van der Waals surface area contributed by atoms with Gasteiger partial charge in [-0.1, -0.05) is 12.2 Å². The zero-order chi connectivity index (χ0) is 16.4. The van der Waals surface area contributed by atoms with Gasteiger partial charge < -0.3 is 4.74 Å². The highest BCUT2D eigenvalue weighted by Gasteiger charge is 2.33. The Morgan fingerprint density at radius 1 is 1.14 bits per heavy atom. The van der Waals surface area contributed by atoms with Crippen LogP contribution in [0.3, 0.4) is 0 Å². The number of nitrogens with one attached hydrogen (secondary N) is 1. The summed E-state index contributed by atoms with van der Waals surface area (Å²) < 4.78 is 94.5. The van der Waals surface area contributed by atoms with E-state index in [0.29, 0.717) is 0 Å². The molecule has 0 aliphatic heterocycles. The Labute approximate surface area is 117 Å². The van der Waals surface area contributed by atoms with Crippen LogP contribution < -0.4 is 9.46 Å². The van der Waals surface area contributed by atoms with Crippen molar-refractivity contribution in [2.75, 3.05) is 7.05 Å². The number of benzene rings is 1. The van der Waals surface area contributed by atoms with E-state index >= 15 is 0 Å². The summed E-state index contributed by atoms with van der Waals surface area (Å²) in [7, 11) is -3.95. The van der Waals surface area contributed by atoms with Crippen LogP contribution in [0.1, 0.15) is 12.5 Å². The summed E-state index contributed by atoms with van der Waals surface area (Å²) in [5.41, 5.74) is -1.03. The largest absolute Gasteiger partial charge is 0.430 e. The normalized spacial score (nSPS) is 12.4. The van der Waals surface area contributed by atoms with Crippen molar-refractivity contribution in [2.24, 2.45) is 0 Å². The molecule has 0 unspecified atom stereocenters. The Kier molecular flexibility index (Phi) is 5.29. The molecule has 0 saturated heterocycles. The van der Waals surface area contributed by atoms with E-state index in [0.717, 1.165) is 19.2 Å². The average molecular weight is 331 g/mol. The highest BCUT2D eigenvalue weighted by molar-refractivity contribution is 7.89. The van der Waals surface area contributed by atoms with E-state index in [2.05, 4.69) is 4.74 Å². The highest BCUT2D eigenvalue weighted by atomic mass is 32.2. The minimum absolute atomic E-state index is 0.752. The number of ether oxygens (including phenoxy) is 1. The van der Waals surface area contributed by atoms with Crippen molar-refractivity contribution in [3.8, 4) is 5.75 Å². The summed E-state index contributed by atoms with van der Waals surface area (Å²) >= 11 is 0. The molecule has 1 aromatic carbocycles. The molecular weight excluding hydrogens is 321 g/mol. The maximum absolute atomic E-state index is 14.0. The fraction of sp³-hybridized carbons (Fsp3) is 0.273. The molecule has 0 aromatic heterocycles. The third kappa shape index (κ3) is 3.32. The van der Waals surface area contributed by atoms with E-state index in [9.17, 15) is 30.4 Å². The molecule has 118 valence electrons. The average Bonchev–Trinajstić information content (AvgIpc) is 2.40. The fourth-order valence-electron chi connectivity index (χ4n) is 1.49. The molecule has 0 amide bonds. The lowest BCUT2D eigenvalue weighted by atomic mass is 10.1. The molecule has 4 nitrogen and oxygen atoms in total. The first-order valence-electron chi connectivity index (χ1n) is 5.38. The van der Waals surface area contributed by atoms with Crippen molar-refractivity contribution in [1.29, 1.82) is 0 Å². The summed E-state index contributed by atoms with van der Waals surface area (Å²) in [6.45, 7) is -2.29. The third-order valence-electron chi connectivity index (χ3n) is 2.35. The van der Waals surface area contributed by atoms with Crippen molar-refractivity contribution in [1.82, 2.24) is 4.72 Å². The molecule has 0 aliphatic carbocycles. The van der Waals surface area contributed by atoms with Gasteiger partial charge in [0.15, 0.2) is 28.1 Å². The first-order chi connectivity index (χ1) is 9.67. The Hall–Kier alpha value is -1.68. The highest BCUT2D eigenvalue weighted by Crippen LogP contribution is 2.36. The van der Waals surface area contributed by atoms with E-state index in [4.69, 9.17) is 0 Å². The lowest BCUT2D eigenvalue weighted by Gasteiger charge is -2.15. The molecule has 0 fully saturated rings. The van der Waals surface area contributed by atoms with Crippen LogP contribution >= 0.6 is 0 Å².